The van der Waals surface area contributed by atoms with E-state index < -0.39 is 17.8 Å². The first-order valence-electron chi connectivity index (χ1n) is 8.63. The molecule has 1 fully saturated rings. The van der Waals surface area contributed by atoms with Gasteiger partial charge in [-0.3, -0.25) is 4.79 Å². The molecular weight excluding hydrogens is 432 g/mol. The number of carbonyl (C=O) groups excluding carboxylic acids is 1. The lowest BCUT2D eigenvalue weighted by Gasteiger charge is -2.35. The summed E-state index contributed by atoms with van der Waals surface area (Å²) in [5.41, 5.74) is 0.412. The zero-order valence-electron chi connectivity index (χ0n) is 14.5. The number of nitrogens with zero attached hydrogens (tertiary/aromatic N) is 2. The highest BCUT2D eigenvalue weighted by Crippen LogP contribution is 2.32. The second kappa shape index (κ2) is 8.18. The standard InChI is InChI=1S/C18H19BrF4N2O2/c19-12-3-4-15(14(20)10-12)25-5-1-2-13(17(26)18(21,22)23)16(11-25)24-6-8-27-9-7-24/h3-4,10H,1-2,5-9,11H2. The molecule has 9 heteroatoms. The van der Waals surface area contributed by atoms with E-state index in [1.807, 2.05) is 0 Å². The fourth-order valence-corrected chi connectivity index (χ4v) is 3.76. The van der Waals surface area contributed by atoms with Crippen LogP contribution in [0.2, 0.25) is 0 Å². The van der Waals surface area contributed by atoms with Gasteiger partial charge < -0.3 is 14.5 Å². The molecule has 1 aromatic rings. The SMILES string of the molecule is O=C(C1=C(N2CCOCC2)CN(c2ccc(Br)cc2F)CCC1)C(F)(F)F. The second-order valence-electron chi connectivity index (χ2n) is 6.47. The van der Waals surface area contributed by atoms with Gasteiger partial charge in [-0.15, -0.1) is 0 Å². The number of ether oxygens (including phenoxy) is 1. The molecule has 148 valence electrons. The lowest BCUT2D eigenvalue weighted by Crippen LogP contribution is -2.41. The van der Waals surface area contributed by atoms with Crippen molar-refractivity contribution in [1.29, 1.82) is 0 Å². The van der Waals surface area contributed by atoms with Crippen LogP contribution < -0.4 is 4.90 Å². The molecule has 1 saturated heterocycles. The van der Waals surface area contributed by atoms with Gasteiger partial charge in [0.05, 0.1) is 25.4 Å². The van der Waals surface area contributed by atoms with Crippen molar-refractivity contribution in [2.45, 2.75) is 19.0 Å². The van der Waals surface area contributed by atoms with Gasteiger partial charge in [-0.2, -0.15) is 13.2 Å². The minimum absolute atomic E-state index is 0.0136. The number of benzene rings is 1. The van der Waals surface area contributed by atoms with Crippen molar-refractivity contribution in [3.8, 4) is 0 Å². The van der Waals surface area contributed by atoms with E-state index in [0.29, 0.717) is 55.1 Å². The van der Waals surface area contributed by atoms with Gasteiger partial charge in [0.25, 0.3) is 5.78 Å². The first-order valence-corrected chi connectivity index (χ1v) is 9.43. The van der Waals surface area contributed by atoms with E-state index in [9.17, 15) is 22.4 Å². The van der Waals surface area contributed by atoms with E-state index >= 15 is 0 Å². The highest BCUT2D eigenvalue weighted by Gasteiger charge is 2.43. The molecule has 2 aliphatic rings. The van der Waals surface area contributed by atoms with Crippen LogP contribution in [0.1, 0.15) is 12.8 Å². The smallest absolute Gasteiger partial charge is 0.378 e. The Hall–Kier alpha value is -1.61. The van der Waals surface area contributed by atoms with Crippen LogP contribution in [-0.4, -0.2) is 56.3 Å². The first-order chi connectivity index (χ1) is 12.8. The number of Topliss-reactive ketones (excluding diaryl/α,β-unsaturated/α-hetero) is 1. The van der Waals surface area contributed by atoms with Crippen LogP contribution in [0.3, 0.4) is 0 Å². The minimum atomic E-state index is -4.93. The fourth-order valence-electron chi connectivity index (χ4n) is 3.43. The molecule has 0 atom stereocenters. The Kier molecular flexibility index (Phi) is 6.10. The van der Waals surface area contributed by atoms with Gasteiger partial charge in [-0.1, -0.05) is 15.9 Å². The number of ketones is 1. The maximum atomic E-state index is 14.4. The first kappa shape index (κ1) is 20.1. The summed E-state index contributed by atoms with van der Waals surface area (Å²) in [5.74, 6) is -2.27. The van der Waals surface area contributed by atoms with Gasteiger partial charge in [0.15, 0.2) is 0 Å². The summed E-state index contributed by atoms with van der Waals surface area (Å²) in [7, 11) is 0. The fraction of sp³-hybridized carbons (Fsp3) is 0.500. The Labute approximate surface area is 162 Å². The Balaban J connectivity index is 1.99. The molecule has 0 radical (unpaired) electrons. The highest BCUT2D eigenvalue weighted by atomic mass is 79.9. The molecule has 4 nitrogen and oxygen atoms in total. The van der Waals surface area contributed by atoms with Crippen molar-refractivity contribution in [2.24, 2.45) is 0 Å². The third kappa shape index (κ3) is 4.63. The van der Waals surface area contributed by atoms with Gasteiger partial charge in [-0.05, 0) is 31.0 Å². The summed E-state index contributed by atoms with van der Waals surface area (Å²) >= 11 is 3.20. The predicted octanol–water partition coefficient (Wildman–Crippen LogP) is 3.91. The summed E-state index contributed by atoms with van der Waals surface area (Å²) < 4.78 is 59.7. The largest absolute Gasteiger partial charge is 0.454 e. The lowest BCUT2D eigenvalue weighted by atomic mass is 10.0. The Bertz CT molecular complexity index is 745. The number of morpholine rings is 1. The van der Waals surface area contributed by atoms with Gasteiger partial charge >= 0.3 is 6.18 Å². The van der Waals surface area contributed by atoms with Crippen LogP contribution in [-0.2, 0) is 9.53 Å². The van der Waals surface area contributed by atoms with Crippen molar-refractivity contribution in [2.75, 3.05) is 44.3 Å². The van der Waals surface area contributed by atoms with Gasteiger partial charge in [0.1, 0.15) is 5.82 Å². The molecule has 0 aliphatic carbocycles. The van der Waals surface area contributed by atoms with Crippen molar-refractivity contribution in [1.82, 2.24) is 4.90 Å². The van der Waals surface area contributed by atoms with Gasteiger partial charge in [-0.25, -0.2) is 4.39 Å². The predicted molar refractivity (Wildman–Crippen MR) is 96.0 cm³/mol. The molecule has 2 aliphatic heterocycles. The van der Waals surface area contributed by atoms with E-state index in [1.54, 1.807) is 21.9 Å². The zero-order chi connectivity index (χ0) is 19.6. The van der Waals surface area contributed by atoms with Crippen LogP contribution in [0.4, 0.5) is 23.2 Å². The lowest BCUT2D eigenvalue weighted by molar-refractivity contribution is -0.166. The maximum absolute atomic E-state index is 14.4. The van der Waals surface area contributed by atoms with E-state index in [1.165, 1.54) is 6.07 Å². The molecular formula is C18H19BrF4N2O2. The van der Waals surface area contributed by atoms with Crippen molar-refractivity contribution in [3.05, 3.63) is 39.8 Å². The van der Waals surface area contributed by atoms with Crippen LogP contribution in [0.25, 0.3) is 0 Å². The number of alkyl halides is 3. The number of carbonyl (C=O) groups is 1. The van der Waals surface area contributed by atoms with Crippen LogP contribution in [0.5, 0.6) is 0 Å². The van der Waals surface area contributed by atoms with Crippen molar-refractivity contribution in [3.63, 3.8) is 0 Å². The Morgan fingerprint density at radius 2 is 1.81 bits per heavy atom. The Morgan fingerprint density at radius 1 is 1.11 bits per heavy atom. The molecule has 0 N–H and O–H groups in total. The molecule has 0 aromatic heterocycles. The number of allylic oxidation sites excluding steroid dienone is 1. The third-order valence-corrected chi connectivity index (χ3v) is 5.21. The van der Waals surface area contributed by atoms with E-state index in [0.717, 1.165) is 0 Å². The summed E-state index contributed by atoms with van der Waals surface area (Å²) in [5, 5.41) is 0. The number of anilines is 1. The van der Waals surface area contributed by atoms with Crippen LogP contribution in [0, 0.1) is 5.82 Å². The number of halogens is 5. The molecule has 0 spiro atoms. The topological polar surface area (TPSA) is 32.8 Å². The van der Waals surface area contributed by atoms with Crippen molar-refractivity contribution >= 4 is 27.4 Å². The average molecular weight is 451 g/mol. The van der Waals surface area contributed by atoms with Crippen molar-refractivity contribution < 1.29 is 27.1 Å². The van der Waals surface area contributed by atoms with E-state index in [4.69, 9.17) is 4.74 Å². The zero-order valence-corrected chi connectivity index (χ0v) is 16.1. The second-order valence-corrected chi connectivity index (χ2v) is 7.39. The average Bonchev–Trinajstić information content (AvgIpc) is 2.84. The molecule has 2 heterocycles. The van der Waals surface area contributed by atoms with Gasteiger partial charge in [0.2, 0.25) is 0 Å². The molecule has 1 aromatic carbocycles. The van der Waals surface area contributed by atoms with Crippen LogP contribution in [0.15, 0.2) is 33.9 Å². The van der Waals surface area contributed by atoms with E-state index in [2.05, 4.69) is 15.9 Å². The summed E-state index contributed by atoms with van der Waals surface area (Å²) in [4.78, 5) is 15.5. The Morgan fingerprint density at radius 3 is 2.44 bits per heavy atom. The number of hydrogen-bond acceptors (Lipinski definition) is 4. The molecule has 0 amide bonds. The molecule has 0 saturated carbocycles. The number of hydrogen-bond donors (Lipinski definition) is 0. The van der Waals surface area contributed by atoms with E-state index in [-0.39, 0.29) is 18.5 Å². The minimum Gasteiger partial charge on any atom is -0.378 e. The summed E-state index contributed by atoms with van der Waals surface area (Å²) in [6.45, 7) is 1.98. The molecule has 0 unspecified atom stereocenters. The molecule has 0 bridgehead atoms. The summed E-state index contributed by atoms with van der Waals surface area (Å²) in [6.07, 6.45) is -4.58. The maximum Gasteiger partial charge on any atom is 0.454 e. The normalized spacial score (nSPS) is 19.3. The van der Waals surface area contributed by atoms with Crippen LogP contribution >= 0.6 is 15.9 Å². The molecule has 3 rings (SSSR count). The number of rotatable bonds is 3. The third-order valence-electron chi connectivity index (χ3n) is 4.72. The summed E-state index contributed by atoms with van der Waals surface area (Å²) in [6, 6.07) is 4.59. The quantitative estimate of drug-likeness (QED) is 0.653. The highest BCUT2D eigenvalue weighted by molar-refractivity contribution is 9.10. The monoisotopic (exact) mass is 450 g/mol. The molecule has 27 heavy (non-hydrogen) atoms. The van der Waals surface area contributed by atoms with Gasteiger partial charge in [0, 0.05) is 35.4 Å².